The quantitative estimate of drug-likeness (QED) is 0.137. The van der Waals surface area contributed by atoms with Crippen LogP contribution < -0.4 is 5.32 Å². The van der Waals surface area contributed by atoms with Gasteiger partial charge in [0.2, 0.25) is 5.91 Å². The summed E-state index contributed by atoms with van der Waals surface area (Å²) in [5.74, 6) is 1.17. The highest BCUT2D eigenvalue weighted by molar-refractivity contribution is 14.0. The van der Waals surface area contributed by atoms with E-state index < -0.39 is 0 Å². The molecule has 0 aromatic carbocycles. The van der Waals surface area contributed by atoms with Crippen molar-refractivity contribution in [2.45, 2.75) is 71.8 Å². The number of hydrogen-bond acceptors (Lipinski definition) is 5. The second-order valence-corrected chi connectivity index (χ2v) is 8.44. The van der Waals surface area contributed by atoms with E-state index >= 15 is 0 Å². The van der Waals surface area contributed by atoms with Crippen LogP contribution in [0.25, 0.3) is 0 Å². The number of aliphatic imine (C=N–C) groups is 1. The molecule has 1 unspecified atom stereocenters. The fourth-order valence-corrected chi connectivity index (χ4v) is 4.26. The molecule has 2 aliphatic rings. The molecule has 0 saturated carbocycles. The molecule has 2 fully saturated rings. The average molecular weight is 566 g/mol. The third kappa shape index (κ3) is 9.80. The summed E-state index contributed by atoms with van der Waals surface area (Å²) in [5, 5.41) is 3.42. The fourth-order valence-electron chi connectivity index (χ4n) is 4.26. The monoisotopic (exact) mass is 565 g/mol. The summed E-state index contributed by atoms with van der Waals surface area (Å²) in [4.78, 5) is 35.5. The van der Waals surface area contributed by atoms with E-state index in [0.29, 0.717) is 13.0 Å². The molecule has 0 aliphatic carbocycles. The van der Waals surface area contributed by atoms with E-state index in [9.17, 15) is 9.59 Å². The average Bonchev–Trinajstić information content (AvgIpc) is 3.32. The Morgan fingerprint density at radius 3 is 2.22 bits per heavy atom. The minimum Gasteiger partial charge on any atom is -0.466 e. The van der Waals surface area contributed by atoms with E-state index in [1.54, 1.807) is 0 Å². The Labute approximate surface area is 211 Å². The lowest BCUT2D eigenvalue weighted by Crippen LogP contribution is -2.57. The molecule has 1 N–H and O–H groups in total. The summed E-state index contributed by atoms with van der Waals surface area (Å²) in [6, 6.07) is -0.0330. The zero-order chi connectivity index (χ0) is 22.5. The van der Waals surface area contributed by atoms with Crippen molar-refractivity contribution < 1.29 is 14.3 Å². The highest BCUT2D eigenvalue weighted by atomic mass is 127. The lowest BCUT2D eigenvalue weighted by molar-refractivity contribution is -0.143. The maximum Gasteiger partial charge on any atom is 0.305 e. The lowest BCUT2D eigenvalue weighted by Gasteiger charge is -2.39. The summed E-state index contributed by atoms with van der Waals surface area (Å²) in [6.07, 6.45) is 6.82. The third-order valence-electron chi connectivity index (χ3n) is 6.13. The molecular weight excluding hydrogens is 521 g/mol. The second kappa shape index (κ2) is 16.5. The van der Waals surface area contributed by atoms with E-state index in [4.69, 9.17) is 9.73 Å². The van der Waals surface area contributed by atoms with Gasteiger partial charge < -0.3 is 19.9 Å². The number of ether oxygens (including phenoxy) is 1. The van der Waals surface area contributed by atoms with Crippen molar-refractivity contribution in [1.29, 1.82) is 0 Å². The van der Waals surface area contributed by atoms with Gasteiger partial charge in [-0.2, -0.15) is 0 Å². The predicted octanol–water partition coefficient (Wildman–Crippen LogP) is 2.71. The highest BCUT2D eigenvalue weighted by Gasteiger charge is 2.30. The molecule has 1 amide bonds. The summed E-state index contributed by atoms with van der Waals surface area (Å²) in [6.45, 7) is 13.5. The number of guanidine groups is 1. The number of rotatable bonds is 11. The van der Waals surface area contributed by atoms with Crippen molar-refractivity contribution in [1.82, 2.24) is 20.0 Å². The number of nitrogens with one attached hydrogen (secondary N) is 1. The minimum atomic E-state index is -0.0921. The molecule has 0 bridgehead atoms. The Balaban J connectivity index is 0.00000512. The third-order valence-corrected chi connectivity index (χ3v) is 6.13. The first kappa shape index (κ1) is 28.9. The van der Waals surface area contributed by atoms with Crippen molar-refractivity contribution in [3.8, 4) is 0 Å². The highest BCUT2D eigenvalue weighted by Crippen LogP contribution is 2.14. The van der Waals surface area contributed by atoms with Gasteiger partial charge in [-0.1, -0.05) is 12.8 Å². The molecule has 2 saturated heterocycles. The second-order valence-electron chi connectivity index (χ2n) is 8.44. The molecule has 8 nitrogen and oxygen atoms in total. The topological polar surface area (TPSA) is 77.5 Å². The van der Waals surface area contributed by atoms with E-state index in [0.717, 1.165) is 96.8 Å². The number of hydrogen-bond donors (Lipinski definition) is 1. The number of esters is 1. The molecule has 2 aliphatic heterocycles. The zero-order valence-electron chi connectivity index (χ0n) is 20.3. The van der Waals surface area contributed by atoms with Crippen LogP contribution in [0.4, 0.5) is 0 Å². The SMILES string of the molecule is CCNC(=NCCCCCCC(=O)OCC)N1CCN(C(C)C(=O)N2CCCC2)CC1.I. The number of likely N-dealkylation sites (tertiary alicyclic amines) is 1. The van der Waals surface area contributed by atoms with E-state index in [2.05, 4.69) is 29.0 Å². The van der Waals surface area contributed by atoms with Crippen LogP contribution in [0.1, 0.15) is 65.7 Å². The van der Waals surface area contributed by atoms with Crippen LogP contribution in [-0.4, -0.2) is 97.5 Å². The molecule has 1 atom stereocenters. The van der Waals surface area contributed by atoms with Crippen molar-refractivity contribution in [2.75, 3.05) is 59.0 Å². The molecule has 0 spiro atoms. The van der Waals surface area contributed by atoms with Gasteiger partial charge in [0.05, 0.1) is 12.6 Å². The first-order chi connectivity index (χ1) is 15.1. The first-order valence-corrected chi connectivity index (χ1v) is 12.3. The minimum absolute atomic E-state index is 0. The van der Waals surface area contributed by atoms with E-state index in [1.807, 2.05) is 11.8 Å². The predicted molar refractivity (Wildman–Crippen MR) is 140 cm³/mol. The van der Waals surface area contributed by atoms with Crippen LogP contribution in [0.5, 0.6) is 0 Å². The number of carbonyl (C=O) groups excluding carboxylic acids is 2. The Bertz CT molecular complexity index is 576. The van der Waals surface area contributed by atoms with Gasteiger partial charge in [0.1, 0.15) is 0 Å². The van der Waals surface area contributed by atoms with Crippen LogP contribution in [0.2, 0.25) is 0 Å². The molecule has 0 aromatic heterocycles. The zero-order valence-corrected chi connectivity index (χ0v) is 22.6. The van der Waals surface area contributed by atoms with Gasteiger partial charge in [-0.05, 0) is 46.5 Å². The van der Waals surface area contributed by atoms with Gasteiger partial charge in [0, 0.05) is 58.8 Å². The standard InChI is InChI=1S/C23H43N5O3.HI/c1-4-24-23(25-13-9-7-6-8-12-21(29)31-5-2)28-18-16-26(17-19-28)20(3)22(30)27-14-10-11-15-27;/h20H,4-19H2,1-3H3,(H,24,25);1H. The maximum absolute atomic E-state index is 12.7. The van der Waals surface area contributed by atoms with Crippen LogP contribution in [0, 0.1) is 0 Å². The number of unbranched alkanes of at least 4 members (excludes halogenated alkanes) is 3. The first-order valence-electron chi connectivity index (χ1n) is 12.3. The van der Waals surface area contributed by atoms with Gasteiger partial charge >= 0.3 is 5.97 Å². The van der Waals surface area contributed by atoms with Crippen LogP contribution >= 0.6 is 24.0 Å². The summed E-state index contributed by atoms with van der Waals surface area (Å²) in [7, 11) is 0. The van der Waals surface area contributed by atoms with Gasteiger partial charge in [0.15, 0.2) is 5.96 Å². The number of halogens is 1. The van der Waals surface area contributed by atoms with E-state index in [-0.39, 0.29) is 41.9 Å². The molecule has 0 aromatic rings. The van der Waals surface area contributed by atoms with Crippen LogP contribution in [0.3, 0.4) is 0 Å². The molecule has 2 rings (SSSR count). The Morgan fingerprint density at radius 1 is 0.938 bits per heavy atom. The lowest BCUT2D eigenvalue weighted by atomic mass is 10.1. The summed E-state index contributed by atoms with van der Waals surface area (Å²) in [5.41, 5.74) is 0. The van der Waals surface area contributed by atoms with Crippen molar-refractivity contribution >= 4 is 41.8 Å². The Hall–Kier alpha value is -1.10. The smallest absolute Gasteiger partial charge is 0.305 e. The number of piperazine rings is 1. The van der Waals surface area contributed by atoms with Gasteiger partial charge in [-0.3, -0.25) is 19.5 Å². The maximum atomic E-state index is 12.7. The molecular formula is C23H44IN5O3. The molecule has 186 valence electrons. The Kier molecular flexibility index (Phi) is 14.9. The molecule has 9 heteroatoms. The van der Waals surface area contributed by atoms with Gasteiger partial charge in [0.25, 0.3) is 0 Å². The summed E-state index contributed by atoms with van der Waals surface area (Å²) >= 11 is 0. The van der Waals surface area contributed by atoms with Gasteiger partial charge in [-0.25, -0.2) is 0 Å². The summed E-state index contributed by atoms with van der Waals surface area (Å²) < 4.78 is 4.96. The number of carbonyl (C=O) groups is 2. The van der Waals surface area contributed by atoms with Crippen molar-refractivity contribution in [3.63, 3.8) is 0 Å². The van der Waals surface area contributed by atoms with Gasteiger partial charge in [-0.15, -0.1) is 24.0 Å². The Morgan fingerprint density at radius 2 is 1.59 bits per heavy atom. The molecule has 2 heterocycles. The van der Waals surface area contributed by atoms with Crippen molar-refractivity contribution in [2.24, 2.45) is 4.99 Å². The molecule has 32 heavy (non-hydrogen) atoms. The molecule has 0 radical (unpaired) electrons. The number of amides is 1. The number of nitrogens with zero attached hydrogens (tertiary/aromatic N) is 4. The normalized spacial score (nSPS) is 18.3. The van der Waals surface area contributed by atoms with Crippen LogP contribution in [-0.2, 0) is 14.3 Å². The van der Waals surface area contributed by atoms with E-state index in [1.165, 1.54) is 0 Å². The van der Waals surface area contributed by atoms with Crippen LogP contribution in [0.15, 0.2) is 4.99 Å². The fraction of sp³-hybridized carbons (Fsp3) is 0.870. The van der Waals surface area contributed by atoms with Crippen molar-refractivity contribution in [3.05, 3.63) is 0 Å². The largest absolute Gasteiger partial charge is 0.466 e.